The molecule has 0 spiro atoms. The fourth-order valence-electron chi connectivity index (χ4n) is 5.99. The molecule has 1 aromatic carbocycles. The first-order valence-electron chi connectivity index (χ1n) is 12.9. The second kappa shape index (κ2) is 8.99. The first-order chi connectivity index (χ1) is 18.1. The largest absolute Gasteiger partial charge is 0.384 e. The predicted molar refractivity (Wildman–Crippen MR) is 142 cm³/mol. The van der Waals surface area contributed by atoms with Gasteiger partial charge in [0.2, 0.25) is 0 Å². The van der Waals surface area contributed by atoms with Crippen molar-refractivity contribution in [2.45, 2.75) is 45.3 Å². The van der Waals surface area contributed by atoms with E-state index in [2.05, 4.69) is 20.9 Å². The molecule has 6 rings (SSSR count). The van der Waals surface area contributed by atoms with E-state index in [0.29, 0.717) is 18.9 Å². The summed E-state index contributed by atoms with van der Waals surface area (Å²) in [5.41, 5.74) is 6.08. The average Bonchev–Trinajstić information content (AvgIpc) is 3.51. The minimum absolute atomic E-state index is 0.183. The maximum Gasteiger partial charge on any atom is 0.123 e. The van der Waals surface area contributed by atoms with Crippen LogP contribution in [0.15, 0.2) is 36.5 Å². The molecule has 1 aliphatic heterocycles. The van der Waals surface area contributed by atoms with Crippen LogP contribution < -0.4 is 0 Å². The zero-order chi connectivity index (χ0) is 26.8. The van der Waals surface area contributed by atoms with E-state index in [1.54, 1.807) is 35.3 Å². The van der Waals surface area contributed by atoms with Crippen molar-refractivity contribution in [1.82, 2.24) is 34.3 Å². The molecule has 1 aliphatic rings. The Balaban J connectivity index is 1.74. The number of pyridine rings is 1. The van der Waals surface area contributed by atoms with Gasteiger partial charge in [-0.05, 0) is 63.3 Å². The van der Waals surface area contributed by atoms with Crippen molar-refractivity contribution >= 4 is 22.1 Å². The number of halogens is 1. The Hall–Kier alpha value is -3.63. The Morgan fingerprint density at radius 3 is 2.53 bits per heavy atom. The lowest BCUT2D eigenvalue weighted by Gasteiger charge is -2.33. The lowest BCUT2D eigenvalue weighted by atomic mass is 9.86. The Bertz CT molecular complexity index is 1630. The Kier molecular flexibility index (Phi) is 5.84. The summed E-state index contributed by atoms with van der Waals surface area (Å²) in [6.45, 7) is 6.70. The minimum Gasteiger partial charge on any atom is -0.384 e. The van der Waals surface area contributed by atoms with Crippen LogP contribution >= 0.6 is 0 Å². The molecule has 1 atom stereocenters. The van der Waals surface area contributed by atoms with Gasteiger partial charge in [-0.2, -0.15) is 5.10 Å². The van der Waals surface area contributed by atoms with Crippen LogP contribution in [-0.2, 0) is 24.4 Å². The van der Waals surface area contributed by atoms with E-state index in [0.717, 1.165) is 57.4 Å². The van der Waals surface area contributed by atoms with Crippen molar-refractivity contribution in [3.05, 3.63) is 59.3 Å². The fourth-order valence-corrected chi connectivity index (χ4v) is 5.99. The van der Waals surface area contributed by atoms with Crippen LogP contribution in [0.5, 0.6) is 0 Å². The van der Waals surface area contributed by atoms with Gasteiger partial charge < -0.3 is 14.4 Å². The summed E-state index contributed by atoms with van der Waals surface area (Å²) in [6.07, 6.45) is 3.50. The summed E-state index contributed by atoms with van der Waals surface area (Å²) < 4.78 is 26.1. The van der Waals surface area contributed by atoms with Crippen LogP contribution in [0.4, 0.5) is 4.39 Å². The number of fused-ring (bicyclic) bond motifs is 3. The Morgan fingerprint density at radius 1 is 1.11 bits per heavy atom. The van der Waals surface area contributed by atoms with Gasteiger partial charge in [0, 0.05) is 39.1 Å². The van der Waals surface area contributed by atoms with E-state index in [4.69, 9.17) is 14.8 Å². The molecule has 0 aliphatic carbocycles. The maximum absolute atomic E-state index is 14.7. The number of aryl methyl sites for hydroxylation is 3. The van der Waals surface area contributed by atoms with Gasteiger partial charge in [0.05, 0.1) is 28.5 Å². The number of nitrogens with zero attached hydrogens (tertiary/aromatic N) is 7. The molecular weight excluding hydrogens is 485 g/mol. The van der Waals surface area contributed by atoms with Crippen molar-refractivity contribution in [2.24, 2.45) is 20.0 Å². The topological polar surface area (TPSA) is 95.8 Å². The van der Waals surface area contributed by atoms with Crippen molar-refractivity contribution in [3.63, 3.8) is 0 Å². The third-order valence-corrected chi connectivity index (χ3v) is 7.64. The van der Waals surface area contributed by atoms with E-state index in [1.165, 1.54) is 6.07 Å². The van der Waals surface area contributed by atoms with Crippen molar-refractivity contribution in [3.8, 4) is 11.3 Å². The smallest absolute Gasteiger partial charge is 0.123 e. The molecule has 1 N–H and O–H groups in total. The van der Waals surface area contributed by atoms with E-state index in [1.807, 2.05) is 33.3 Å². The molecule has 9 nitrogen and oxygen atoms in total. The van der Waals surface area contributed by atoms with Crippen LogP contribution in [0.25, 0.3) is 33.3 Å². The third-order valence-electron chi connectivity index (χ3n) is 7.64. The molecule has 0 saturated carbocycles. The lowest BCUT2D eigenvalue weighted by Crippen LogP contribution is -2.28. The molecule has 5 aromatic rings. The summed E-state index contributed by atoms with van der Waals surface area (Å²) in [6, 6.07) is 8.71. The number of hydrogen-bond donors (Lipinski definition) is 1. The predicted octanol–water partition coefficient (Wildman–Crippen LogP) is 4.41. The van der Waals surface area contributed by atoms with Gasteiger partial charge in [-0.15, -0.1) is 5.10 Å². The molecule has 0 bridgehead atoms. The quantitative estimate of drug-likeness (QED) is 0.371. The summed E-state index contributed by atoms with van der Waals surface area (Å²) >= 11 is 0. The molecule has 1 unspecified atom stereocenters. The fraction of sp³-hybridized carbons (Fsp3) is 0.429. The van der Waals surface area contributed by atoms with Gasteiger partial charge in [0.1, 0.15) is 28.1 Å². The zero-order valence-corrected chi connectivity index (χ0v) is 22.3. The molecule has 1 fully saturated rings. The second-order valence-corrected chi connectivity index (χ2v) is 10.8. The first kappa shape index (κ1) is 24.7. The van der Waals surface area contributed by atoms with Crippen molar-refractivity contribution < 1.29 is 14.2 Å². The van der Waals surface area contributed by atoms with Crippen LogP contribution in [0.3, 0.4) is 0 Å². The van der Waals surface area contributed by atoms with Crippen LogP contribution in [-0.4, -0.2) is 52.6 Å². The van der Waals surface area contributed by atoms with Gasteiger partial charge in [0.25, 0.3) is 0 Å². The van der Waals surface area contributed by atoms with Crippen LogP contribution in [0.2, 0.25) is 0 Å². The number of aromatic nitrogens is 7. The summed E-state index contributed by atoms with van der Waals surface area (Å²) in [4.78, 5) is 4.93. The van der Waals surface area contributed by atoms with Crippen LogP contribution in [0, 0.1) is 18.7 Å². The molecule has 38 heavy (non-hydrogen) atoms. The molecule has 10 heteroatoms. The summed E-state index contributed by atoms with van der Waals surface area (Å²) in [5.74, 6) is -0.0977. The van der Waals surface area contributed by atoms with Gasteiger partial charge >= 0.3 is 0 Å². The molecule has 4 aromatic heterocycles. The van der Waals surface area contributed by atoms with Crippen molar-refractivity contribution in [1.29, 1.82) is 0 Å². The summed E-state index contributed by atoms with van der Waals surface area (Å²) in [7, 11) is 3.74. The van der Waals surface area contributed by atoms with Gasteiger partial charge in [-0.25, -0.2) is 9.07 Å². The van der Waals surface area contributed by atoms with Gasteiger partial charge in [-0.3, -0.25) is 9.67 Å². The number of hydrogen-bond acceptors (Lipinski definition) is 6. The van der Waals surface area contributed by atoms with E-state index >= 15 is 0 Å². The average molecular weight is 518 g/mol. The van der Waals surface area contributed by atoms with E-state index in [-0.39, 0.29) is 17.8 Å². The summed E-state index contributed by atoms with van der Waals surface area (Å²) in [5, 5.41) is 24.4. The van der Waals surface area contributed by atoms with Crippen molar-refractivity contribution in [2.75, 3.05) is 13.2 Å². The lowest BCUT2D eigenvalue weighted by molar-refractivity contribution is 0.0547. The molecule has 0 amide bonds. The second-order valence-electron chi connectivity index (χ2n) is 10.8. The molecule has 1 saturated heterocycles. The number of benzene rings is 1. The normalized spacial score (nSPS) is 16.1. The van der Waals surface area contributed by atoms with Gasteiger partial charge in [0.15, 0.2) is 0 Å². The Labute approximate surface area is 219 Å². The van der Waals surface area contributed by atoms with E-state index < -0.39 is 5.60 Å². The SMILES string of the molecule is Cc1nnn(C)c1-c1cnc2c3c(c(C(C)(C)O)nn3C)n(C(c3cccc(F)c3)C3CCOCC3)c2c1. The number of ether oxygens (including phenoxy) is 1. The molecular formula is C28H32FN7O2. The number of rotatable bonds is 5. The highest BCUT2D eigenvalue weighted by Crippen LogP contribution is 2.43. The standard InChI is InChI=1S/C28H32FN7O2/c1-16-23(35(5)33-31-16)19-14-21-22(30-15-19)25-26(27(28(2,3)37)32-34(25)4)36(21)24(17-9-11-38-12-10-17)18-7-6-8-20(29)13-18/h6-8,13-15,17,24,37H,9-12H2,1-5H3. The third kappa shape index (κ3) is 3.90. The van der Waals surface area contributed by atoms with Crippen LogP contribution in [0.1, 0.15) is 49.7 Å². The number of aliphatic hydroxyl groups is 1. The zero-order valence-electron chi connectivity index (χ0n) is 22.3. The molecule has 198 valence electrons. The highest BCUT2D eigenvalue weighted by molar-refractivity contribution is 6.06. The highest BCUT2D eigenvalue weighted by Gasteiger charge is 2.35. The first-order valence-corrected chi connectivity index (χ1v) is 12.9. The minimum atomic E-state index is -1.21. The Morgan fingerprint density at radius 2 is 1.87 bits per heavy atom. The van der Waals surface area contributed by atoms with E-state index in [9.17, 15) is 9.50 Å². The molecule has 0 radical (unpaired) electrons. The monoisotopic (exact) mass is 517 g/mol. The highest BCUT2D eigenvalue weighted by atomic mass is 19.1. The van der Waals surface area contributed by atoms with Gasteiger partial charge in [-0.1, -0.05) is 17.3 Å². The molecule has 5 heterocycles. The maximum atomic E-state index is 14.7.